The molecule has 0 bridgehead atoms. The van der Waals surface area contributed by atoms with Gasteiger partial charge in [-0.1, -0.05) is 26.0 Å². The predicted octanol–water partition coefficient (Wildman–Crippen LogP) is 7.69. The second-order valence-corrected chi connectivity index (χ2v) is 11.1. The van der Waals surface area contributed by atoms with Crippen LogP contribution < -0.4 is 9.47 Å². The van der Waals surface area contributed by atoms with Crippen LogP contribution in [0.15, 0.2) is 57.5 Å². The molecule has 0 amide bonds. The Hall–Kier alpha value is -2.84. The van der Waals surface area contributed by atoms with Crippen molar-refractivity contribution in [3.05, 3.63) is 85.3 Å². The highest BCUT2D eigenvalue weighted by Gasteiger charge is 2.43. The lowest BCUT2D eigenvalue weighted by Crippen LogP contribution is -2.29. The summed E-state index contributed by atoms with van der Waals surface area (Å²) in [6.45, 7) is 6.21. The van der Waals surface area contributed by atoms with Crippen molar-refractivity contribution in [3.63, 3.8) is 0 Å². The van der Waals surface area contributed by atoms with Gasteiger partial charge in [-0.05, 0) is 111 Å². The SMILES string of the molecule is CC(C)c1cc(Oc2c(Br)cc3c(c2Br)CCC3(C)C(=O)O)ccc1OCc1ccc(C(=O)O)cc1. The molecule has 4 rings (SSSR count). The van der Waals surface area contributed by atoms with Crippen LogP contribution in [0.5, 0.6) is 17.2 Å². The molecule has 0 saturated carbocycles. The Bertz CT molecular complexity index is 1330. The summed E-state index contributed by atoms with van der Waals surface area (Å²) in [5.41, 5.74) is 2.91. The molecule has 1 aliphatic carbocycles. The van der Waals surface area contributed by atoms with E-state index in [-0.39, 0.29) is 11.5 Å². The summed E-state index contributed by atoms with van der Waals surface area (Å²) in [4.78, 5) is 23.0. The van der Waals surface area contributed by atoms with Crippen molar-refractivity contribution in [2.24, 2.45) is 0 Å². The number of carboxylic acid groups (broad SMARTS) is 2. The zero-order valence-electron chi connectivity index (χ0n) is 20.1. The van der Waals surface area contributed by atoms with E-state index < -0.39 is 17.4 Å². The van der Waals surface area contributed by atoms with Crippen LogP contribution in [0.1, 0.15) is 65.7 Å². The number of aromatic carboxylic acids is 1. The van der Waals surface area contributed by atoms with Crippen LogP contribution in [0.4, 0.5) is 0 Å². The summed E-state index contributed by atoms with van der Waals surface area (Å²) >= 11 is 7.23. The minimum atomic E-state index is -0.960. The third-order valence-electron chi connectivity index (χ3n) is 6.64. The number of rotatable bonds is 8. The molecule has 0 aromatic heterocycles. The maximum Gasteiger partial charge on any atom is 0.335 e. The van der Waals surface area contributed by atoms with Gasteiger partial charge in [0.05, 0.1) is 19.9 Å². The van der Waals surface area contributed by atoms with E-state index in [0.29, 0.717) is 35.4 Å². The second kappa shape index (κ2) is 10.3. The van der Waals surface area contributed by atoms with Gasteiger partial charge < -0.3 is 19.7 Å². The first kappa shape index (κ1) is 26.2. The van der Waals surface area contributed by atoms with Crippen molar-refractivity contribution in [1.82, 2.24) is 0 Å². The molecule has 3 aromatic carbocycles. The number of aliphatic carboxylic acids is 1. The van der Waals surface area contributed by atoms with E-state index >= 15 is 0 Å². The number of halogens is 2. The maximum atomic E-state index is 11.9. The molecule has 1 atom stereocenters. The Kier molecular flexibility index (Phi) is 7.48. The third-order valence-corrected chi connectivity index (χ3v) is 8.07. The summed E-state index contributed by atoms with van der Waals surface area (Å²) in [5.74, 6) is 0.342. The summed E-state index contributed by atoms with van der Waals surface area (Å²) < 4.78 is 13.8. The molecule has 3 aromatic rings. The van der Waals surface area contributed by atoms with Gasteiger partial charge >= 0.3 is 11.9 Å². The zero-order chi connectivity index (χ0) is 26.2. The molecule has 0 radical (unpaired) electrons. The van der Waals surface area contributed by atoms with Gasteiger partial charge in [-0.15, -0.1) is 0 Å². The molecule has 0 aliphatic heterocycles. The Labute approximate surface area is 226 Å². The van der Waals surface area contributed by atoms with E-state index in [1.165, 1.54) is 0 Å². The van der Waals surface area contributed by atoms with Crippen LogP contribution in [0.3, 0.4) is 0 Å². The Balaban J connectivity index is 1.58. The topological polar surface area (TPSA) is 93.1 Å². The highest BCUT2D eigenvalue weighted by Crippen LogP contribution is 2.49. The minimum absolute atomic E-state index is 0.168. The number of benzene rings is 3. The first-order chi connectivity index (χ1) is 17.0. The quantitative estimate of drug-likeness (QED) is 0.269. The molecular weight excluding hydrogens is 592 g/mol. The summed E-state index contributed by atoms with van der Waals surface area (Å²) in [6.07, 6.45) is 1.19. The second-order valence-electron chi connectivity index (χ2n) is 9.41. The van der Waals surface area contributed by atoms with E-state index in [9.17, 15) is 14.7 Å². The monoisotopic (exact) mass is 616 g/mol. The number of carboxylic acids is 2. The fraction of sp³-hybridized carbons (Fsp3) is 0.286. The molecule has 36 heavy (non-hydrogen) atoms. The van der Waals surface area contributed by atoms with Crippen molar-refractivity contribution in [2.45, 2.75) is 51.6 Å². The van der Waals surface area contributed by atoms with Gasteiger partial charge in [-0.25, -0.2) is 4.79 Å². The van der Waals surface area contributed by atoms with Crippen LogP contribution in [-0.2, 0) is 23.2 Å². The van der Waals surface area contributed by atoms with E-state index in [1.54, 1.807) is 31.2 Å². The van der Waals surface area contributed by atoms with E-state index in [2.05, 4.69) is 45.7 Å². The van der Waals surface area contributed by atoms with Crippen molar-refractivity contribution < 1.29 is 29.3 Å². The molecule has 2 N–H and O–H groups in total. The molecule has 0 heterocycles. The van der Waals surface area contributed by atoms with Crippen molar-refractivity contribution in [2.75, 3.05) is 0 Å². The van der Waals surface area contributed by atoms with Crippen LogP contribution in [0.2, 0.25) is 0 Å². The molecule has 6 nitrogen and oxygen atoms in total. The van der Waals surface area contributed by atoms with Gasteiger partial charge in [0.25, 0.3) is 0 Å². The number of hydrogen-bond acceptors (Lipinski definition) is 4. The predicted molar refractivity (Wildman–Crippen MR) is 143 cm³/mol. The minimum Gasteiger partial charge on any atom is -0.489 e. The number of fused-ring (bicyclic) bond motifs is 1. The summed E-state index contributed by atoms with van der Waals surface area (Å²) in [6, 6.07) is 14.1. The van der Waals surface area contributed by atoms with Gasteiger partial charge in [0.2, 0.25) is 0 Å². The van der Waals surface area contributed by atoms with Crippen LogP contribution >= 0.6 is 31.9 Å². The smallest absolute Gasteiger partial charge is 0.335 e. The van der Waals surface area contributed by atoms with Crippen LogP contribution in [0, 0.1) is 0 Å². The Morgan fingerprint density at radius 3 is 2.36 bits per heavy atom. The van der Waals surface area contributed by atoms with Crippen molar-refractivity contribution in [3.8, 4) is 17.2 Å². The van der Waals surface area contributed by atoms with Crippen LogP contribution in [-0.4, -0.2) is 22.2 Å². The van der Waals surface area contributed by atoms with Gasteiger partial charge in [0.15, 0.2) is 5.75 Å². The Morgan fingerprint density at radius 2 is 1.75 bits per heavy atom. The molecule has 1 aliphatic rings. The lowest BCUT2D eigenvalue weighted by molar-refractivity contribution is -0.143. The molecular formula is C28H26Br2O6. The lowest BCUT2D eigenvalue weighted by atomic mass is 9.84. The molecule has 0 fully saturated rings. The fourth-order valence-electron chi connectivity index (χ4n) is 4.40. The number of ether oxygens (including phenoxy) is 2. The Morgan fingerprint density at radius 1 is 1.06 bits per heavy atom. The number of carbonyl (C=O) groups is 2. The number of hydrogen-bond donors (Lipinski definition) is 2. The van der Waals surface area contributed by atoms with Gasteiger partial charge in [0.1, 0.15) is 18.1 Å². The fourth-order valence-corrected chi connectivity index (χ4v) is 5.88. The normalized spacial score (nSPS) is 16.6. The van der Waals surface area contributed by atoms with E-state index in [4.69, 9.17) is 14.6 Å². The molecule has 0 saturated heterocycles. The molecule has 188 valence electrons. The average Bonchev–Trinajstić information content (AvgIpc) is 3.18. The highest BCUT2D eigenvalue weighted by molar-refractivity contribution is 9.11. The molecule has 1 unspecified atom stereocenters. The first-order valence-corrected chi connectivity index (χ1v) is 13.1. The van der Waals surface area contributed by atoms with Crippen molar-refractivity contribution in [1.29, 1.82) is 0 Å². The van der Waals surface area contributed by atoms with Crippen LogP contribution in [0.25, 0.3) is 0 Å². The van der Waals surface area contributed by atoms with E-state index in [0.717, 1.165) is 32.5 Å². The largest absolute Gasteiger partial charge is 0.489 e. The van der Waals surface area contributed by atoms with Crippen molar-refractivity contribution >= 4 is 43.8 Å². The highest BCUT2D eigenvalue weighted by atomic mass is 79.9. The average molecular weight is 618 g/mol. The standard InChI is InChI=1S/C28H26Br2O6/c1-15(2)20-12-18(8-9-23(20)35-14-16-4-6-17(7-5-16)26(31)32)36-25-22(29)13-21-19(24(25)30)10-11-28(21,3)27(33)34/h4-9,12-13,15H,10-11,14H2,1-3H3,(H,31,32)(H,33,34). The third kappa shape index (κ3) is 5.02. The van der Waals surface area contributed by atoms with E-state index in [1.807, 2.05) is 24.3 Å². The lowest BCUT2D eigenvalue weighted by Gasteiger charge is -2.22. The maximum absolute atomic E-state index is 11.9. The van der Waals surface area contributed by atoms with Gasteiger partial charge in [-0.3, -0.25) is 4.79 Å². The first-order valence-electron chi connectivity index (χ1n) is 11.5. The van der Waals surface area contributed by atoms with Gasteiger partial charge in [0, 0.05) is 5.56 Å². The summed E-state index contributed by atoms with van der Waals surface area (Å²) in [5, 5.41) is 18.8. The summed E-state index contributed by atoms with van der Waals surface area (Å²) in [7, 11) is 0. The molecule has 8 heteroatoms. The molecule has 0 spiro atoms. The van der Waals surface area contributed by atoms with Gasteiger partial charge in [-0.2, -0.15) is 0 Å². The zero-order valence-corrected chi connectivity index (χ0v) is 23.3.